The molecule has 1 atom stereocenters. The molecule has 6 heteroatoms. The van der Waals surface area contributed by atoms with Gasteiger partial charge in [-0.3, -0.25) is 4.79 Å². The van der Waals surface area contributed by atoms with Crippen LogP contribution < -0.4 is 5.32 Å². The van der Waals surface area contributed by atoms with Crippen LogP contribution in [-0.4, -0.2) is 12.5 Å². The van der Waals surface area contributed by atoms with Crippen molar-refractivity contribution in [3.63, 3.8) is 0 Å². The zero-order chi connectivity index (χ0) is 19.3. The molecule has 2 nitrogen and oxygen atoms in total. The summed E-state index contributed by atoms with van der Waals surface area (Å²) in [5, 5.41) is 3.31. The number of allylic oxidation sites excluding steroid dienone is 1. The van der Waals surface area contributed by atoms with Crippen LogP contribution in [0.3, 0.4) is 0 Å². The van der Waals surface area contributed by atoms with Crippen LogP contribution in [0.2, 0.25) is 5.02 Å². The average Bonchev–Trinajstić information content (AvgIpc) is 2.88. The summed E-state index contributed by atoms with van der Waals surface area (Å²) in [6, 6.07) is 5.41. The molecule has 0 spiro atoms. The van der Waals surface area contributed by atoms with E-state index in [4.69, 9.17) is 11.6 Å². The third kappa shape index (κ3) is 3.14. The van der Waals surface area contributed by atoms with E-state index in [1.165, 1.54) is 0 Å². The van der Waals surface area contributed by atoms with Crippen molar-refractivity contribution in [3.05, 3.63) is 63.4 Å². The third-order valence-corrected chi connectivity index (χ3v) is 5.68. The quantitative estimate of drug-likeness (QED) is 0.658. The summed E-state index contributed by atoms with van der Waals surface area (Å²) < 4.78 is 41.1. The first-order valence-electron chi connectivity index (χ1n) is 8.80. The van der Waals surface area contributed by atoms with Crippen LogP contribution >= 0.6 is 11.6 Å². The highest BCUT2D eigenvalue weighted by atomic mass is 35.5. The molecule has 2 bridgehead atoms. The topological polar surface area (TPSA) is 29.1 Å². The van der Waals surface area contributed by atoms with E-state index in [0.29, 0.717) is 30.0 Å². The standard InChI is InChI=1S/C21H17ClF3NO/c1-10-14-8-13(22)9-16(12-6-18(23)20(25)19(24)7-12)17(14)5-11-2-3-26-21(27)15(10)4-11/h6-9,11H,2-5H2,1H3,(H,26,27). The molecule has 0 aromatic heterocycles. The summed E-state index contributed by atoms with van der Waals surface area (Å²) in [5.41, 5.74) is 4.04. The SMILES string of the molecule is CC1=C2CC(CCNC2=O)Cc2c1cc(Cl)cc2-c1cc(F)c(F)c(F)c1. The number of fused-ring (bicyclic) bond motifs is 3. The molecule has 0 saturated carbocycles. The molecule has 1 aliphatic carbocycles. The van der Waals surface area contributed by atoms with Gasteiger partial charge in [0.1, 0.15) is 0 Å². The van der Waals surface area contributed by atoms with Gasteiger partial charge in [-0.05, 0) is 84.2 Å². The number of benzene rings is 2. The number of nitrogens with one attached hydrogen (secondary N) is 1. The first kappa shape index (κ1) is 18.1. The molecule has 1 unspecified atom stereocenters. The Morgan fingerprint density at radius 2 is 1.70 bits per heavy atom. The molecule has 4 rings (SSSR count). The Balaban J connectivity index is 1.98. The highest BCUT2D eigenvalue weighted by Gasteiger charge is 2.29. The third-order valence-electron chi connectivity index (χ3n) is 5.46. The highest BCUT2D eigenvalue weighted by Crippen LogP contribution is 2.41. The Morgan fingerprint density at radius 3 is 2.41 bits per heavy atom. The Labute approximate surface area is 160 Å². The predicted molar refractivity (Wildman–Crippen MR) is 98.8 cm³/mol. The van der Waals surface area contributed by atoms with Crippen molar-refractivity contribution < 1.29 is 18.0 Å². The zero-order valence-corrected chi connectivity index (χ0v) is 15.4. The van der Waals surface area contributed by atoms with Crippen molar-refractivity contribution in [1.29, 1.82) is 0 Å². The molecule has 1 N–H and O–H groups in total. The van der Waals surface area contributed by atoms with Gasteiger partial charge < -0.3 is 5.32 Å². The van der Waals surface area contributed by atoms with E-state index in [1.807, 2.05) is 6.92 Å². The molecular weight excluding hydrogens is 375 g/mol. The minimum Gasteiger partial charge on any atom is -0.352 e. The van der Waals surface area contributed by atoms with Crippen molar-refractivity contribution in [1.82, 2.24) is 5.32 Å². The Bertz CT molecular complexity index is 976. The summed E-state index contributed by atoms with van der Waals surface area (Å²) in [5.74, 6) is -3.82. The van der Waals surface area contributed by atoms with Gasteiger partial charge in [-0.2, -0.15) is 0 Å². The van der Waals surface area contributed by atoms with Gasteiger partial charge in [-0.15, -0.1) is 0 Å². The molecule has 1 heterocycles. The lowest BCUT2D eigenvalue weighted by atomic mass is 9.87. The first-order chi connectivity index (χ1) is 12.8. The second-order valence-corrected chi connectivity index (χ2v) is 7.59. The van der Waals surface area contributed by atoms with Gasteiger partial charge in [0.25, 0.3) is 0 Å². The summed E-state index contributed by atoms with van der Waals surface area (Å²) >= 11 is 6.29. The number of hydrogen-bond acceptors (Lipinski definition) is 1. The molecule has 27 heavy (non-hydrogen) atoms. The maximum atomic E-state index is 13.8. The van der Waals surface area contributed by atoms with Crippen LogP contribution in [0, 0.1) is 23.4 Å². The lowest BCUT2D eigenvalue weighted by Gasteiger charge is -2.19. The van der Waals surface area contributed by atoms with E-state index in [2.05, 4.69) is 5.32 Å². The van der Waals surface area contributed by atoms with E-state index in [-0.39, 0.29) is 17.4 Å². The van der Waals surface area contributed by atoms with Gasteiger partial charge in [0.05, 0.1) is 0 Å². The molecule has 0 radical (unpaired) electrons. The second-order valence-electron chi connectivity index (χ2n) is 7.16. The molecule has 1 amide bonds. The smallest absolute Gasteiger partial charge is 0.247 e. The van der Waals surface area contributed by atoms with Gasteiger partial charge in [0.2, 0.25) is 5.91 Å². The van der Waals surface area contributed by atoms with E-state index in [0.717, 1.165) is 40.8 Å². The summed E-state index contributed by atoms with van der Waals surface area (Å²) in [6.45, 7) is 2.46. The molecule has 2 aromatic carbocycles. The fourth-order valence-electron chi connectivity index (χ4n) is 4.09. The number of rotatable bonds is 1. The Kier molecular flexibility index (Phi) is 4.50. The van der Waals surface area contributed by atoms with Crippen LogP contribution in [0.15, 0.2) is 29.8 Å². The Morgan fingerprint density at radius 1 is 1.04 bits per heavy atom. The van der Waals surface area contributed by atoms with Gasteiger partial charge in [-0.1, -0.05) is 11.6 Å². The summed E-state index contributed by atoms with van der Waals surface area (Å²) in [7, 11) is 0. The average molecular weight is 392 g/mol. The van der Waals surface area contributed by atoms with Crippen molar-refractivity contribution in [2.75, 3.05) is 6.54 Å². The normalized spacial score (nSPS) is 19.3. The number of carbonyl (C=O) groups excluding carboxylic acids is 1. The van der Waals surface area contributed by atoms with Crippen LogP contribution in [0.5, 0.6) is 0 Å². The second kappa shape index (κ2) is 6.71. The van der Waals surface area contributed by atoms with Gasteiger partial charge in [0, 0.05) is 17.1 Å². The maximum absolute atomic E-state index is 13.8. The number of amides is 1. The van der Waals surface area contributed by atoms with Crippen LogP contribution in [0.1, 0.15) is 30.9 Å². The minimum absolute atomic E-state index is 0.0803. The van der Waals surface area contributed by atoms with Gasteiger partial charge >= 0.3 is 0 Å². The van der Waals surface area contributed by atoms with Crippen molar-refractivity contribution in [2.24, 2.45) is 5.92 Å². The number of hydrogen-bond donors (Lipinski definition) is 1. The predicted octanol–water partition coefficient (Wildman–Crippen LogP) is 5.28. The van der Waals surface area contributed by atoms with E-state index in [1.54, 1.807) is 12.1 Å². The Hall–Kier alpha value is -2.27. The highest BCUT2D eigenvalue weighted by molar-refractivity contribution is 6.31. The molecular formula is C21H17ClF3NO. The lowest BCUT2D eigenvalue weighted by molar-refractivity contribution is -0.117. The van der Waals surface area contributed by atoms with Gasteiger partial charge in [-0.25, -0.2) is 13.2 Å². The molecule has 2 aromatic rings. The number of halogens is 4. The molecule has 1 saturated heterocycles. The molecule has 140 valence electrons. The van der Waals surface area contributed by atoms with E-state index in [9.17, 15) is 18.0 Å². The number of carbonyl (C=O) groups is 1. The lowest BCUT2D eigenvalue weighted by Crippen LogP contribution is -2.24. The first-order valence-corrected chi connectivity index (χ1v) is 9.18. The van der Waals surface area contributed by atoms with Crippen LogP contribution in [0.25, 0.3) is 16.7 Å². The summed E-state index contributed by atoms with van der Waals surface area (Å²) in [6.07, 6.45) is 2.12. The van der Waals surface area contributed by atoms with Crippen molar-refractivity contribution >= 4 is 23.1 Å². The monoisotopic (exact) mass is 391 g/mol. The molecule has 1 fully saturated rings. The fourth-order valence-corrected chi connectivity index (χ4v) is 4.31. The van der Waals surface area contributed by atoms with Crippen LogP contribution in [0.4, 0.5) is 13.2 Å². The fraction of sp³-hybridized carbons (Fsp3) is 0.286. The largest absolute Gasteiger partial charge is 0.352 e. The molecule has 2 aliphatic rings. The van der Waals surface area contributed by atoms with Gasteiger partial charge in [0.15, 0.2) is 17.5 Å². The molecule has 1 aliphatic heterocycles. The van der Waals surface area contributed by atoms with E-state index >= 15 is 0 Å². The van der Waals surface area contributed by atoms with Crippen LogP contribution in [-0.2, 0) is 11.2 Å². The minimum atomic E-state index is -1.49. The zero-order valence-electron chi connectivity index (χ0n) is 14.6. The van der Waals surface area contributed by atoms with Crippen molar-refractivity contribution in [3.8, 4) is 11.1 Å². The summed E-state index contributed by atoms with van der Waals surface area (Å²) in [4.78, 5) is 12.4. The van der Waals surface area contributed by atoms with E-state index < -0.39 is 17.5 Å². The maximum Gasteiger partial charge on any atom is 0.247 e. The van der Waals surface area contributed by atoms with Crippen molar-refractivity contribution in [2.45, 2.75) is 26.2 Å².